The minimum absolute atomic E-state index is 0.142. The van der Waals surface area contributed by atoms with Crippen molar-refractivity contribution in [1.82, 2.24) is 14.8 Å². The molecule has 1 atom stereocenters. The van der Waals surface area contributed by atoms with Crippen LogP contribution >= 0.6 is 27.5 Å². The summed E-state index contributed by atoms with van der Waals surface area (Å²) in [6.45, 7) is 4.08. The van der Waals surface area contributed by atoms with Gasteiger partial charge >= 0.3 is 6.18 Å². The molecular weight excluding hydrogens is 407 g/mol. The summed E-state index contributed by atoms with van der Waals surface area (Å²) < 4.78 is 41.7. The second-order valence-corrected chi connectivity index (χ2v) is 7.69. The quantitative estimate of drug-likeness (QED) is 0.476. The molecule has 1 unspecified atom stereocenters. The van der Waals surface area contributed by atoms with Crippen LogP contribution in [0.4, 0.5) is 13.2 Å². The zero-order valence-electron chi connectivity index (χ0n) is 13.2. The van der Waals surface area contributed by atoms with E-state index in [1.165, 1.54) is 10.9 Å². The van der Waals surface area contributed by atoms with Crippen molar-refractivity contribution in [2.24, 2.45) is 5.92 Å². The van der Waals surface area contributed by atoms with Gasteiger partial charge in [0.05, 0.1) is 17.4 Å². The summed E-state index contributed by atoms with van der Waals surface area (Å²) in [4.78, 5) is 3.91. The van der Waals surface area contributed by atoms with Crippen LogP contribution in [0, 0.1) is 5.92 Å². The Morgan fingerprint density at radius 2 is 2.12 bits per heavy atom. The number of alkyl halides is 4. The molecule has 0 bridgehead atoms. The molecule has 0 aliphatic heterocycles. The molecule has 130 valence electrons. The topological polar surface area (TPSA) is 30.7 Å². The SMILES string of the molecule is C/C(=C(/Cn1nc(C(F)(F)F)c2ncc(Br)cc21)C(C)Cl)C1CC1. The lowest BCUT2D eigenvalue weighted by Crippen LogP contribution is -2.13. The van der Waals surface area contributed by atoms with Crippen LogP contribution in [0.15, 0.2) is 27.9 Å². The number of allylic oxidation sites excluding steroid dienone is 2. The first-order valence-corrected chi connectivity index (χ1v) is 8.84. The highest BCUT2D eigenvalue weighted by Crippen LogP contribution is 2.40. The van der Waals surface area contributed by atoms with Gasteiger partial charge in [0, 0.05) is 10.7 Å². The smallest absolute Gasteiger partial charge is 0.258 e. The Kier molecular flexibility index (Phi) is 4.68. The summed E-state index contributed by atoms with van der Waals surface area (Å²) in [6.07, 6.45) is -0.980. The van der Waals surface area contributed by atoms with Crippen molar-refractivity contribution in [3.8, 4) is 0 Å². The second-order valence-electron chi connectivity index (χ2n) is 6.12. The number of fused-ring (bicyclic) bond motifs is 1. The monoisotopic (exact) mass is 421 g/mol. The molecule has 0 aromatic carbocycles. The second kappa shape index (κ2) is 6.33. The van der Waals surface area contributed by atoms with Crippen molar-refractivity contribution in [3.63, 3.8) is 0 Å². The summed E-state index contributed by atoms with van der Waals surface area (Å²) in [5.74, 6) is 0.495. The molecule has 3 rings (SSSR count). The molecule has 1 saturated carbocycles. The van der Waals surface area contributed by atoms with Crippen LogP contribution in [-0.2, 0) is 12.7 Å². The largest absolute Gasteiger partial charge is 0.437 e. The molecule has 2 aromatic rings. The molecular formula is C16H16BrClF3N3. The van der Waals surface area contributed by atoms with Gasteiger partial charge in [-0.2, -0.15) is 18.3 Å². The molecule has 1 aliphatic carbocycles. The highest BCUT2D eigenvalue weighted by Gasteiger charge is 2.38. The lowest BCUT2D eigenvalue weighted by atomic mass is 10.0. The fraction of sp³-hybridized carbons (Fsp3) is 0.500. The Morgan fingerprint density at radius 1 is 1.46 bits per heavy atom. The van der Waals surface area contributed by atoms with Gasteiger partial charge in [-0.25, -0.2) is 0 Å². The van der Waals surface area contributed by atoms with Crippen molar-refractivity contribution in [2.45, 2.75) is 44.8 Å². The van der Waals surface area contributed by atoms with Crippen LogP contribution in [0.2, 0.25) is 0 Å². The summed E-state index contributed by atoms with van der Waals surface area (Å²) in [5, 5.41) is 3.54. The van der Waals surface area contributed by atoms with Crippen molar-refractivity contribution in [3.05, 3.63) is 33.6 Å². The van der Waals surface area contributed by atoms with Gasteiger partial charge in [-0.05, 0) is 60.2 Å². The van der Waals surface area contributed by atoms with E-state index in [4.69, 9.17) is 11.6 Å². The summed E-state index contributed by atoms with van der Waals surface area (Å²) in [7, 11) is 0. The average Bonchev–Trinajstić information content (AvgIpc) is 3.25. The van der Waals surface area contributed by atoms with Crippen molar-refractivity contribution >= 4 is 38.6 Å². The van der Waals surface area contributed by atoms with Crippen LogP contribution in [0.3, 0.4) is 0 Å². The molecule has 0 amide bonds. The maximum atomic E-state index is 13.3. The van der Waals surface area contributed by atoms with Crippen LogP contribution in [-0.4, -0.2) is 20.1 Å². The molecule has 1 fully saturated rings. The molecule has 24 heavy (non-hydrogen) atoms. The van der Waals surface area contributed by atoms with E-state index < -0.39 is 11.9 Å². The van der Waals surface area contributed by atoms with Gasteiger partial charge in [0.2, 0.25) is 0 Å². The highest BCUT2D eigenvalue weighted by atomic mass is 79.9. The maximum Gasteiger partial charge on any atom is 0.437 e. The van der Waals surface area contributed by atoms with E-state index in [1.807, 2.05) is 13.8 Å². The van der Waals surface area contributed by atoms with E-state index in [0.717, 1.165) is 24.0 Å². The summed E-state index contributed by atoms with van der Waals surface area (Å²) in [6, 6.07) is 1.60. The minimum atomic E-state index is -4.55. The van der Waals surface area contributed by atoms with Gasteiger partial charge in [0.15, 0.2) is 5.69 Å². The van der Waals surface area contributed by atoms with Crippen LogP contribution in [0.5, 0.6) is 0 Å². The molecule has 0 spiro atoms. The fourth-order valence-corrected chi connectivity index (χ4v) is 3.41. The van der Waals surface area contributed by atoms with Gasteiger partial charge in [0.1, 0.15) is 5.52 Å². The van der Waals surface area contributed by atoms with E-state index in [2.05, 4.69) is 26.0 Å². The molecule has 3 nitrogen and oxygen atoms in total. The average molecular weight is 423 g/mol. The Labute approximate surface area is 151 Å². The van der Waals surface area contributed by atoms with Crippen molar-refractivity contribution in [1.29, 1.82) is 0 Å². The Bertz CT molecular complexity index is 807. The number of hydrogen-bond donors (Lipinski definition) is 0. The molecule has 1 aliphatic rings. The number of hydrogen-bond acceptors (Lipinski definition) is 2. The third-order valence-electron chi connectivity index (χ3n) is 4.32. The molecule has 0 radical (unpaired) electrons. The number of pyridine rings is 1. The van der Waals surface area contributed by atoms with Gasteiger partial charge in [-0.1, -0.05) is 5.57 Å². The van der Waals surface area contributed by atoms with Gasteiger partial charge in [-0.15, -0.1) is 11.6 Å². The summed E-state index contributed by atoms with van der Waals surface area (Å²) >= 11 is 9.55. The molecule has 2 heterocycles. The van der Waals surface area contributed by atoms with Crippen LogP contribution < -0.4 is 0 Å². The minimum Gasteiger partial charge on any atom is -0.258 e. The number of aromatic nitrogens is 3. The lowest BCUT2D eigenvalue weighted by Gasteiger charge is -2.15. The van der Waals surface area contributed by atoms with E-state index >= 15 is 0 Å². The van der Waals surface area contributed by atoms with Gasteiger partial charge in [0.25, 0.3) is 0 Å². The summed E-state index contributed by atoms with van der Waals surface area (Å²) in [5.41, 5.74) is 1.33. The predicted molar refractivity (Wildman–Crippen MR) is 91.0 cm³/mol. The first-order valence-electron chi connectivity index (χ1n) is 7.61. The first-order chi connectivity index (χ1) is 11.2. The Balaban J connectivity index is 2.12. The Hall–Kier alpha value is -1.08. The van der Waals surface area contributed by atoms with Crippen molar-refractivity contribution < 1.29 is 13.2 Å². The Morgan fingerprint density at radius 3 is 2.67 bits per heavy atom. The van der Waals surface area contributed by atoms with Gasteiger partial charge < -0.3 is 0 Å². The molecule has 8 heteroatoms. The highest BCUT2D eigenvalue weighted by molar-refractivity contribution is 9.10. The maximum absolute atomic E-state index is 13.3. The number of rotatable bonds is 4. The van der Waals surface area contributed by atoms with E-state index in [0.29, 0.717) is 15.9 Å². The van der Waals surface area contributed by atoms with Gasteiger partial charge in [-0.3, -0.25) is 9.67 Å². The third-order valence-corrected chi connectivity index (χ3v) is 5.02. The lowest BCUT2D eigenvalue weighted by molar-refractivity contribution is -0.140. The predicted octanol–water partition coefficient (Wildman–Crippen LogP) is 5.57. The fourth-order valence-electron chi connectivity index (χ4n) is 2.85. The van der Waals surface area contributed by atoms with E-state index in [1.54, 1.807) is 6.07 Å². The number of nitrogens with zero attached hydrogens (tertiary/aromatic N) is 3. The van der Waals surface area contributed by atoms with E-state index in [-0.39, 0.29) is 17.4 Å². The molecule has 0 N–H and O–H groups in total. The standard InChI is InChI=1S/C16H16BrClF3N3/c1-8(10-3-4-10)12(9(2)18)7-24-13-5-11(17)6-22-14(13)15(23-24)16(19,20)21/h5-6,9-10H,3-4,7H2,1-2H3/b12-8+. The van der Waals surface area contributed by atoms with E-state index in [9.17, 15) is 13.2 Å². The third kappa shape index (κ3) is 3.47. The molecule has 2 aromatic heterocycles. The zero-order chi connectivity index (χ0) is 17.6. The van der Waals surface area contributed by atoms with Crippen LogP contribution in [0.25, 0.3) is 11.0 Å². The molecule has 0 saturated heterocycles. The van der Waals surface area contributed by atoms with Crippen LogP contribution in [0.1, 0.15) is 32.4 Å². The zero-order valence-corrected chi connectivity index (χ0v) is 15.5. The first kappa shape index (κ1) is 17.7. The normalized spacial score (nSPS) is 18.0. The van der Waals surface area contributed by atoms with Crippen molar-refractivity contribution in [2.75, 3.05) is 0 Å². The number of halogens is 5.